The number of carbonyl (C=O) groups excluding carboxylic acids is 1. The number of hydrogen-bond donors (Lipinski definition) is 1. The smallest absolute Gasteiger partial charge is 0.326 e. The lowest BCUT2D eigenvalue weighted by Crippen LogP contribution is -2.46. The summed E-state index contributed by atoms with van der Waals surface area (Å²) >= 11 is 0. The molecule has 0 fully saturated rings. The zero-order valence-electron chi connectivity index (χ0n) is 9.54. The second-order valence-electron chi connectivity index (χ2n) is 3.66. The predicted octanol–water partition coefficient (Wildman–Crippen LogP) is 2.01. The Morgan fingerprint density at radius 1 is 1.33 bits per heavy atom. The van der Waals surface area contributed by atoms with E-state index < -0.39 is 18.3 Å². The van der Waals surface area contributed by atoms with Gasteiger partial charge in [-0.15, -0.1) is 0 Å². The monoisotopic (exact) mass is 264 g/mol. The molecule has 0 aliphatic heterocycles. The van der Waals surface area contributed by atoms with E-state index in [4.69, 9.17) is 5.73 Å². The molecule has 0 unspecified atom stereocenters. The van der Waals surface area contributed by atoms with E-state index in [1.807, 2.05) is 0 Å². The number of hydrogen-bond acceptors (Lipinski definition) is 2. The molecule has 3 nitrogen and oxygen atoms in total. The minimum atomic E-state index is -4.69. The van der Waals surface area contributed by atoms with E-state index in [1.165, 1.54) is 24.3 Å². The Morgan fingerprint density at radius 2 is 1.83 bits per heavy atom. The van der Waals surface area contributed by atoms with Gasteiger partial charge >= 0.3 is 18.3 Å². The van der Waals surface area contributed by atoms with Gasteiger partial charge in [0, 0.05) is 19.3 Å². The van der Waals surface area contributed by atoms with E-state index >= 15 is 0 Å². The van der Waals surface area contributed by atoms with Gasteiger partial charge in [0.1, 0.15) is 0 Å². The third-order valence-electron chi connectivity index (χ3n) is 2.42. The third kappa shape index (κ3) is 2.79. The van der Waals surface area contributed by atoms with Crippen molar-refractivity contribution in [1.29, 1.82) is 0 Å². The van der Waals surface area contributed by atoms with Crippen LogP contribution in [0.5, 0.6) is 0 Å². The van der Waals surface area contributed by atoms with Crippen molar-refractivity contribution in [3.8, 4) is 0 Å². The number of nitrogens with two attached hydrogens (primary N) is 1. The summed E-state index contributed by atoms with van der Waals surface area (Å²) in [6.45, 7) is 0.255. The number of alkyl halides is 4. The lowest BCUT2D eigenvalue weighted by Gasteiger charge is -2.23. The quantitative estimate of drug-likeness (QED) is 0.845. The molecule has 0 bridgehead atoms. The van der Waals surface area contributed by atoms with Gasteiger partial charge in [0.25, 0.3) is 0 Å². The van der Waals surface area contributed by atoms with Crippen molar-refractivity contribution >= 4 is 11.6 Å². The Kier molecular flexibility index (Phi) is 4.28. The lowest BCUT2D eigenvalue weighted by atomic mass is 10.2. The summed E-state index contributed by atoms with van der Waals surface area (Å²) in [4.78, 5) is 11.7. The standard InChI is InChI=1S/C11H12F4N2O/c1-17(10(18)11(14,15)9(12)13)8-4-2-7(6-16)3-5-8/h2-5,9H,6,16H2,1H3. The zero-order valence-corrected chi connectivity index (χ0v) is 9.54. The Balaban J connectivity index is 2.92. The van der Waals surface area contributed by atoms with E-state index in [-0.39, 0.29) is 12.2 Å². The maximum atomic E-state index is 12.9. The minimum Gasteiger partial charge on any atom is -0.326 e. The molecule has 0 heterocycles. The van der Waals surface area contributed by atoms with Gasteiger partial charge in [0.2, 0.25) is 0 Å². The molecule has 2 N–H and O–H groups in total. The van der Waals surface area contributed by atoms with Gasteiger partial charge in [-0.05, 0) is 17.7 Å². The van der Waals surface area contributed by atoms with Crippen LogP contribution in [-0.2, 0) is 11.3 Å². The molecule has 0 saturated heterocycles. The normalized spacial score (nSPS) is 11.7. The Labute approximate surface area is 101 Å². The molecule has 0 saturated carbocycles. The van der Waals surface area contributed by atoms with Gasteiger partial charge in [0.05, 0.1) is 0 Å². The SMILES string of the molecule is CN(C(=O)C(F)(F)C(F)F)c1ccc(CN)cc1. The second kappa shape index (κ2) is 5.34. The van der Waals surface area contributed by atoms with Crippen molar-refractivity contribution in [2.75, 3.05) is 11.9 Å². The number of halogens is 4. The molecule has 0 spiro atoms. The number of amides is 1. The van der Waals surface area contributed by atoms with Crippen LogP contribution in [0.25, 0.3) is 0 Å². The zero-order chi connectivity index (χ0) is 13.9. The molecule has 0 radical (unpaired) electrons. The van der Waals surface area contributed by atoms with Gasteiger partial charge < -0.3 is 10.6 Å². The molecule has 1 amide bonds. The van der Waals surface area contributed by atoms with Crippen molar-refractivity contribution in [2.45, 2.75) is 18.9 Å². The number of anilines is 1. The van der Waals surface area contributed by atoms with Gasteiger partial charge in [-0.3, -0.25) is 4.79 Å². The first-order valence-corrected chi connectivity index (χ1v) is 5.03. The van der Waals surface area contributed by atoms with Crippen molar-refractivity contribution in [3.05, 3.63) is 29.8 Å². The van der Waals surface area contributed by atoms with Crippen molar-refractivity contribution in [3.63, 3.8) is 0 Å². The van der Waals surface area contributed by atoms with Gasteiger partial charge in [-0.2, -0.15) is 8.78 Å². The Morgan fingerprint density at radius 3 is 2.22 bits per heavy atom. The molecule has 0 aromatic heterocycles. The number of nitrogens with zero attached hydrogens (tertiary/aromatic N) is 1. The molecule has 1 rings (SSSR count). The van der Waals surface area contributed by atoms with Crippen LogP contribution in [0.1, 0.15) is 5.56 Å². The average Bonchev–Trinajstić information content (AvgIpc) is 2.36. The average molecular weight is 264 g/mol. The fourth-order valence-corrected chi connectivity index (χ4v) is 1.29. The lowest BCUT2D eigenvalue weighted by molar-refractivity contribution is -0.166. The summed E-state index contributed by atoms with van der Waals surface area (Å²) in [6, 6.07) is 5.78. The van der Waals surface area contributed by atoms with Crippen LogP contribution in [0.15, 0.2) is 24.3 Å². The molecule has 100 valence electrons. The minimum absolute atomic E-state index is 0.0949. The first-order valence-electron chi connectivity index (χ1n) is 5.03. The maximum absolute atomic E-state index is 12.9. The number of carbonyl (C=O) groups is 1. The van der Waals surface area contributed by atoms with Crippen LogP contribution in [0.2, 0.25) is 0 Å². The highest BCUT2D eigenvalue weighted by Gasteiger charge is 2.50. The molecule has 0 atom stereocenters. The van der Waals surface area contributed by atoms with Crippen LogP contribution >= 0.6 is 0 Å². The molecular formula is C11H12F4N2O. The summed E-state index contributed by atoms with van der Waals surface area (Å²) in [5.41, 5.74) is 6.18. The van der Waals surface area contributed by atoms with E-state index in [2.05, 4.69) is 0 Å². The van der Waals surface area contributed by atoms with Crippen molar-refractivity contribution in [2.24, 2.45) is 5.73 Å². The number of benzene rings is 1. The molecule has 0 aliphatic carbocycles. The first-order chi connectivity index (χ1) is 8.30. The topological polar surface area (TPSA) is 46.3 Å². The molecular weight excluding hydrogens is 252 g/mol. The van der Waals surface area contributed by atoms with Crippen LogP contribution in [0, 0.1) is 0 Å². The fourth-order valence-electron chi connectivity index (χ4n) is 1.29. The number of rotatable bonds is 4. The van der Waals surface area contributed by atoms with Crippen LogP contribution in [-0.4, -0.2) is 25.3 Å². The maximum Gasteiger partial charge on any atom is 0.384 e. The largest absolute Gasteiger partial charge is 0.384 e. The first kappa shape index (κ1) is 14.4. The highest BCUT2D eigenvalue weighted by atomic mass is 19.3. The predicted molar refractivity (Wildman–Crippen MR) is 58.7 cm³/mol. The van der Waals surface area contributed by atoms with Gasteiger partial charge in [-0.1, -0.05) is 12.1 Å². The van der Waals surface area contributed by atoms with Crippen molar-refractivity contribution in [1.82, 2.24) is 0 Å². The van der Waals surface area contributed by atoms with E-state index in [1.54, 1.807) is 0 Å². The van der Waals surface area contributed by atoms with Crippen molar-refractivity contribution < 1.29 is 22.4 Å². The fraction of sp³-hybridized carbons (Fsp3) is 0.364. The molecule has 1 aromatic rings. The Bertz CT molecular complexity index is 420. The van der Waals surface area contributed by atoms with E-state index in [0.29, 0.717) is 4.90 Å². The highest BCUT2D eigenvalue weighted by Crippen LogP contribution is 2.27. The molecule has 0 aliphatic rings. The van der Waals surface area contributed by atoms with Crippen LogP contribution in [0.3, 0.4) is 0 Å². The van der Waals surface area contributed by atoms with Gasteiger partial charge in [0.15, 0.2) is 0 Å². The Hall–Kier alpha value is -1.63. The summed E-state index contributed by atoms with van der Waals surface area (Å²) in [5, 5.41) is 0. The van der Waals surface area contributed by atoms with Crippen LogP contribution < -0.4 is 10.6 Å². The molecule has 18 heavy (non-hydrogen) atoms. The molecule has 1 aromatic carbocycles. The second-order valence-corrected chi connectivity index (χ2v) is 3.66. The highest BCUT2D eigenvalue weighted by molar-refractivity contribution is 5.98. The summed E-state index contributed by atoms with van der Waals surface area (Å²) in [5.74, 6) is -6.64. The van der Waals surface area contributed by atoms with Crippen LogP contribution in [0.4, 0.5) is 23.2 Å². The van der Waals surface area contributed by atoms with E-state index in [9.17, 15) is 22.4 Å². The summed E-state index contributed by atoms with van der Waals surface area (Å²) < 4.78 is 49.8. The van der Waals surface area contributed by atoms with Gasteiger partial charge in [-0.25, -0.2) is 8.78 Å². The summed E-state index contributed by atoms with van der Waals surface area (Å²) in [7, 11) is 1.01. The molecule has 7 heteroatoms. The third-order valence-corrected chi connectivity index (χ3v) is 2.42. The summed E-state index contributed by atoms with van der Waals surface area (Å²) in [6.07, 6.45) is -4.03. The van der Waals surface area contributed by atoms with E-state index in [0.717, 1.165) is 12.6 Å².